The zero-order valence-corrected chi connectivity index (χ0v) is 19.0. The maximum absolute atomic E-state index is 12.6. The number of aryl methyl sites for hydroxylation is 2. The first kappa shape index (κ1) is 21.1. The Labute approximate surface area is 183 Å². The number of amides is 1. The van der Waals surface area contributed by atoms with Gasteiger partial charge in [0.05, 0.1) is 23.4 Å². The zero-order chi connectivity index (χ0) is 21.1. The van der Waals surface area contributed by atoms with E-state index >= 15 is 0 Å². The zero-order valence-electron chi connectivity index (χ0n) is 17.4. The second-order valence-corrected chi connectivity index (χ2v) is 9.86. The molecule has 3 heterocycles. The third-order valence-electron chi connectivity index (χ3n) is 5.53. The highest BCUT2D eigenvalue weighted by atomic mass is 32.2. The number of aromatic nitrogens is 4. The minimum absolute atomic E-state index is 0.0222. The Morgan fingerprint density at radius 3 is 3.07 bits per heavy atom. The molecular formula is C21H27N5O2S2. The van der Waals surface area contributed by atoms with Gasteiger partial charge in [0, 0.05) is 23.1 Å². The number of nitrogens with one attached hydrogen (secondary N) is 2. The van der Waals surface area contributed by atoms with Crippen molar-refractivity contribution in [1.29, 1.82) is 0 Å². The third kappa shape index (κ3) is 4.46. The van der Waals surface area contributed by atoms with E-state index in [9.17, 15) is 9.59 Å². The number of hydrogen-bond acceptors (Lipinski definition) is 6. The maximum Gasteiger partial charge on any atom is 0.259 e. The molecule has 0 spiro atoms. The van der Waals surface area contributed by atoms with Crippen molar-refractivity contribution >= 4 is 45.0 Å². The number of thiophene rings is 1. The smallest absolute Gasteiger partial charge is 0.259 e. The van der Waals surface area contributed by atoms with Crippen LogP contribution < -0.4 is 10.9 Å². The van der Waals surface area contributed by atoms with Gasteiger partial charge in [-0.3, -0.25) is 9.59 Å². The van der Waals surface area contributed by atoms with Crippen molar-refractivity contribution in [2.45, 2.75) is 64.2 Å². The largest absolute Gasteiger partial charge is 0.311 e. The van der Waals surface area contributed by atoms with Crippen LogP contribution in [0.3, 0.4) is 0 Å². The van der Waals surface area contributed by atoms with Gasteiger partial charge < -0.3 is 10.3 Å². The van der Waals surface area contributed by atoms with Crippen LogP contribution in [-0.4, -0.2) is 31.4 Å². The number of rotatable bonds is 8. The molecule has 0 aromatic carbocycles. The van der Waals surface area contributed by atoms with Crippen LogP contribution in [0.2, 0.25) is 0 Å². The summed E-state index contributed by atoms with van der Waals surface area (Å²) in [4.78, 5) is 34.7. The predicted octanol–water partition coefficient (Wildman–Crippen LogP) is 4.29. The topological polar surface area (TPSA) is 92.7 Å². The highest BCUT2D eigenvalue weighted by Gasteiger charge is 2.19. The molecule has 0 fully saturated rings. The molecule has 3 aromatic rings. The highest BCUT2D eigenvalue weighted by Crippen LogP contribution is 2.33. The first-order chi connectivity index (χ1) is 14.6. The second kappa shape index (κ2) is 9.34. The number of H-pyrrole nitrogens is 1. The van der Waals surface area contributed by atoms with E-state index in [4.69, 9.17) is 0 Å². The summed E-state index contributed by atoms with van der Waals surface area (Å²) in [5.74, 6) is 2.64. The van der Waals surface area contributed by atoms with E-state index in [0.29, 0.717) is 23.8 Å². The van der Waals surface area contributed by atoms with Crippen LogP contribution >= 0.6 is 23.1 Å². The van der Waals surface area contributed by atoms with Crippen LogP contribution in [-0.2, 0) is 23.4 Å². The lowest BCUT2D eigenvalue weighted by molar-refractivity contribution is -0.115. The second-order valence-electron chi connectivity index (χ2n) is 7.67. The number of thioether (sulfide) groups is 1. The van der Waals surface area contributed by atoms with E-state index in [1.54, 1.807) is 29.3 Å². The van der Waals surface area contributed by atoms with E-state index in [1.807, 2.05) is 10.7 Å². The summed E-state index contributed by atoms with van der Waals surface area (Å²) >= 11 is 3.27. The number of hydrogen-bond donors (Lipinski definition) is 2. The van der Waals surface area contributed by atoms with Crippen molar-refractivity contribution in [2.75, 3.05) is 11.1 Å². The average molecular weight is 446 g/mol. The van der Waals surface area contributed by atoms with Gasteiger partial charge in [-0.25, -0.2) is 9.67 Å². The van der Waals surface area contributed by atoms with Gasteiger partial charge in [0.15, 0.2) is 0 Å². The molecule has 0 saturated heterocycles. The lowest BCUT2D eigenvalue weighted by atomic mass is 9.97. The quantitative estimate of drug-likeness (QED) is 0.505. The van der Waals surface area contributed by atoms with Gasteiger partial charge in [0.1, 0.15) is 16.5 Å². The van der Waals surface area contributed by atoms with E-state index in [-0.39, 0.29) is 17.5 Å². The van der Waals surface area contributed by atoms with Crippen molar-refractivity contribution in [3.63, 3.8) is 0 Å². The third-order valence-corrected chi connectivity index (χ3v) is 7.69. The normalized spacial score (nSPS) is 14.6. The summed E-state index contributed by atoms with van der Waals surface area (Å²) in [6, 6.07) is 2.06. The fourth-order valence-corrected chi connectivity index (χ4v) is 5.84. The molecule has 2 N–H and O–H groups in total. The first-order valence-electron chi connectivity index (χ1n) is 10.5. The minimum Gasteiger partial charge on any atom is -0.311 e. The molecule has 0 bridgehead atoms. The molecule has 1 atom stereocenters. The molecule has 9 heteroatoms. The molecule has 4 rings (SSSR count). The molecule has 30 heavy (non-hydrogen) atoms. The number of aromatic amines is 1. The van der Waals surface area contributed by atoms with Crippen LogP contribution in [0.25, 0.3) is 10.2 Å². The van der Waals surface area contributed by atoms with Crippen LogP contribution in [0.4, 0.5) is 5.82 Å². The van der Waals surface area contributed by atoms with Gasteiger partial charge in [0.2, 0.25) is 5.91 Å². The molecular weight excluding hydrogens is 418 g/mol. The molecule has 7 nitrogen and oxygen atoms in total. The van der Waals surface area contributed by atoms with Crippen LogP contribution in [0, 0.1) is 0 Å². The lowest BCUT2D eigenvalue weighted by Crippen LogP contribution is -2.17. The van der Waals surface area contributed by atoms with Crippen LogP contribution in [0.15, 0.2) is 17.1 Å². The monoisotopic (exact) mass is 445 g/mol. The molecule has 3 aromatic heterocycles. The van der Waals surface area contributed by atoms with Crippen molar-refractivity contribution in [3.8, 4) is 0 Å². The van der Waals surface area contributed by atoms with E-state index < -0.39 is 0 Å². The molecule has 0 saturated carbocycles. The predicted molar refractivity (Wildman–Crippen MR) is 124 cm³/mol. The minimum atomic E-state index is -0.0320. The van der Waals surface area contributed by atoms with Gasteiger partial charge in [-0.15, -0.1) is 11.3 Å². The summed E-state index contributed by atoms with van der Waals surface area (Å²) in [6.07, 6.45) is 7.44. The Kier molecular flexibility index (Phi) is 6.58. The Hall–Kier alpha value is -2.13. The number of carbonyl (C=O) groups excluding carboxylic acids is 1. The Balaban J connectivity index is 1.31. The van der Waals surface area contributed by atoms with Crippen LogP contribution in [0.1, 0.15) is 61.8 Å². The van der Waals surface area contributed by atoms with Crippen molar-refractivity contribution in [3.05, 3.63) is 38.9 Å². The summed E-state index contributed by atoms with van der Waals surface area (Å²) in [6.45, 7) is 4.17. The Morgan fingerprint density at radius 1 is 1.40 bits per heavy atom. The number of carbonyl (C=O) groups is 1. The average Bonchev–Trinajstić information content (AvgIpc) is 3.34. The van der Waals surface area contributed by atoms with Crippen molar-refractivity contribution < 1.29 is 4.79 Å². The van der Waals surface area contributed by atoms with Gasteiger partial charge in [-0.1, -0.05) is 6.92 Å². The van der Waals surface area contributed by atoms with Crippen LogP contribution in [0.5, 0.6) is 0 Å². The van der Waals surface area contributed by atoms with E-state index in [0.717, 1.165) is 41.7 Å². The summed E-state index contributed by atoms with van der Waals surface area (Å²) in [5, 5.41) is 8.02. The first-order valence-corrected chi connectivity index (χ1v) is 12.5. The maximum atomic E-state index is 12.6. The fourth-order valence-electron chi connectivity index (χ4n) is 3.75. The lowest BCUT2D eigenvalue weighted by Gasteiger charge is -2.14. The summed E-state index contributed by atoms with van der Waals surface area (Å²) in [7, 11) is 0. The number of nitrogens with zero attached hydrogens (tertiary/aromatic N) is 3. The van der Waals surface area contributed by atoms with E-state index in [1.165, 1.54) is 16.9 Å². The standard InChI is InChI=1S/C21H27N5O2S2/c1-3-13(2)26-17(8-10-22-26)25-18(27)9-11-29-12-16-23-20(28)19-14-6-4-5-7-15(14)30-21(19)24-16/h8,10,13H,3-7,9,11-12H2,1-2H3,(H,25,27)(H,23,24,28). The molecule has 1 aliphatic carbocycles. The molecule has 160 valence electrons. The highest BCUT2D eigenvalue weighted by molar-refractivity contribution is 7.98. The van der Waals surface area contributed by atoms with Crippen molar-refractivity contribution in [1.82, 2.24) is 19.7 Å². The SMILES string of the molecule is CCC(C)n1nccc1NC(=O)CCSCc1nc2sc3c(c2c(=O)[nH]1)CCCC3. The van der Waals surface area contributed by atoms with Gasteiger partial charge >= 0.3 is 0 Å². The van der Waals surface area contributed by atoms with Gasteiger partial charge in [0.25, 0.3) is 5.56 Å². The number of anilines is 1. The van der Waals surface area contributed by atoms with E-state index in [2.05, 4.69) is 34.2 Å². The number of fused-ring (bicyclic) bond motifs is 3. The molecule has 1 aliphatic rings. The molecule has 0 aliphatic heterocycles. The van der Waals surface area contributed by atoms with Crippen molar-refractivity contribution in [2.24, 2.45) is 0 Å². The summed E-state index contributed by atoms with van der Waals surface area (Å²) < 4.78 is 1.84. The van der Waals surface area contributed by atoms with Gasteiger partial charge in [-0.05, 0) is 44.6 Å². The Bertz CT molecular complexity index is 1100. The molecule has 1 unspecified atom stereocenters. The summed E-state index contributed by atoms with van der Waals surface area (Å²) in [5.41, 5.74) is 1.19. The molecule has 0 radical (unpaired) electrons. The van der Waals surface area contributed by atoms with Gasteiger partial charge in [-0.2, -0.15) is 16.9 Å². The fraction of sp³-hybridized carbons (Fsp3) is 0.524. The molecule has 1 amide bonds. The Morgan fingerprint density at radius 2 is 2.23 bits per heavy atom.